The van der Waals surface area contributed by atoms with Gasteiger partial charge in [-0.05, 0) is 32.1 Å². The maximum Gasteiger partial charge on any atom is 0.241 e. The summed E-state index contributed by atoms with van der Waals surface area (Å²) in [6, 6.07) is 7.19. The summed E-state index contributed by atoms with van der Waals surface area (Å²) in [5.41, 5.74) is 0. The highest BCUT2D eigenvalue weighted by Gasteiger charge is 2.21. The minimum Gasteiger partial charge on any atom is -0.353 e. The molecule has 0 spiro atoms. The topological polar surface area (TPSA) is 78.5 Å². The van der Waals surface area contributed by atoms with Crippen molar-refractivity contribution in [1.82, 2.24) is 14.9 Å². The molecule has 2 N–H and O–H groups in total. The molecule has 0 radical (unpaired) electrons. The first-order valence-electron chi connectivity index (χ1n) is 7.48. The Morgan fingerprint density at radius 1 is 1.18 bits per heavy atom. The molecule has 1 unspecified atom stereocenters. The van der Waals surface area contributed by atoms with E-state index in [9.17, 15) is 13.2 Å². The van der Waals surface area contributed by atoms with E-state index < -0.39 is 16.1 Å². The fourth-order valence-corrected chi connectivity index (χ4v) is 3.21. The molecule has 0 bridgehead atoms. The second-order valence-electron chi connectivity index (χ2n) is 4.97. The summed E-state index contributed by atoms with van der Waals surface area (Å²) in [6.45, 7) is 8.73. The van der Waals surface area contributed by atoms with Gasteiger partial charge in [-0.2, -0.15) is 4.72 Å². The number of rotatable bonds is 9. The smallest absolute Gasteiger partial charge is 0.241 e. The summed E-state index contributed by atoms with van der Waals surface area (Å²) in [6.07, 6.45) is 0. The number of carbonyl (C=O) groups is 1. The first-order chi connectivity index (χ1) is 10.4. The molecule has 7 heteroatoms. The number of hydrogen-bond donors (Lipinski definition) is 2. The highest BCUT2D eigenvalue weighted by molar-refractivity contribution is 7.89. The maximum atomic E-state index is 12.1. The molecule has 1 atom stereocenters. The monoisotopic (exact) mass is 327 g/mol. The van der Waals surface area contributed by atoms with E-state index in [2.05, 4.69) is 28.8 Å². The number of amides is 1. The van der Waals surface area contributed by atoms with Crippen LogP contribution in [0.1, 0.15) is 20.8 Å². The molecule has 1 amide bonds. The van der Waals surface area contributed by atoms with Gasteiger partial charge in [0.25, 0.3) is 0 Å². The lowest BCUT2D eigenvalue weighted by atomic mass is 10.3. The molecule has 6 nitrogen and oxygen atoms in total. The second-order valence-corrected chi connectivity index (χ2v) is 6.69. The standard InChI is InChI=1S/C15H25N3O3S/c1-4-18(5-2)12-11-16-15(19)13(3)17-22(20,21)14-9-7-6-8-10-14/h6-10,13,17H,4-5,11-12H2,1-3H3,(H,16,19). The molecule has 0 saturated carbocycles. The molecular formula is C15H25N3O3S. The van der Waals surface area contributed by atoms with Crippen molar-refractivity contribution in [1.29, 1.82) is 0 Å². The van der Waals surface area contributed by atoms with Crippen LogP contribution in [0.4, 0.5) is 0 Å². The first-order valence-corrected chi connectivity index (χ1v) is 8.96. The summed E-state index contributed by atoms with van der Waals surface area (Å²) in [7, 11) is -3.68. The van der Waals surface area contributed by atoms with E-state index in [1.165, 1.54) is 19.1 Å². The summed E-state index contributed by atoms with van der Waals surface area (Å²) < 4.78 is 26.6. The summed E-state index contributed by atoms with van der Waals surface area (Å²) in [5, 5.41) is 2.75. The number of nitrogens with one attached hydrogen (secondary N) is 2. The molecule has 0 aliphatic rings. The molecule has 0 saturated heterocycles. The van der Waals surface area contributed by atoms with Crippen LogP contribution in [0.5, 0.6) is 0 Å². The van der Waals surface area contributed by atoms with E-state index in [4.69, 9.17) is 0 Å². The summed E-state index contributed by atoms with van der Waals surface area (Å²) >= 11 is 0. The predicted octanol–water partition coefficient (Wildman–Crippen LogP) is 0.811. The third-order valence-electron chi connectivity index (χ3n) is 3.40. The lowest BCUT2D eigenvalue weighted by Gasteiger charge is -2.19. The van der Waals surface area contributed by atoms with E-state index in [-0.39, 0.29) is 10.8 Å². The molecule has 1 aromatic rings. The Kier molecular flexibility index (Phi) is 7.50. The Morgan fingerprint density at radius 2 is 1.77 bits per heavy atom. The largest absolute Gasteiger partial charge is 0.353 e. The maximum absolute atomic E-state index is 12.1. The van der Waals surface area contributed by atoms with Crippen molar-refractivity contribution in [3.8, 4) is 0 Å². The van der Waals surface area contributed by atoms with Gasteiger partial charge < -0.3 is 10.2 Å². The molecule has 22 heavy (non-hydrogen) atoms. The van der Waals surface area contributed by atoms with Gasteiger partial charge in [0, 0.05) is 13.1 Å². The van der Waals surface area contributed by atoms with E-state index in [1.54, 1.807) is 18.2 Å². The van der Waals surface area contributed by atoms with Crippen LogP contribution in [0.2, 0.25) is 0 Å². The summed E-state index contributed by atoms with van der Waals surface area (Å²) in [4.78, 5) is 14.3. The number of likely N-dealkylation sites (N-methyl/N-ethyl adjacent to an activating group) is 1. The molecule has 0 aliphatic heterocycles. The normalized spacial score (nSPS) is 13.1. The van der Waals surface area contributed by atoms with Gasteiger partial charge >= 0.3 is 0 Å². The van der Waals surface area contributed by atoms with Gasteiger partial charge in [0.15, 0.2) is 0 Å². The lowest BCUT2D eigenvalue weighted by molar-refractivity contribution is -0.122. The zero-order chi connectivity index (χ0) is 16.6. The van der Waals surface area contributed by atoms with Crippen LogP contribution in [0.15, 0.2) is 35.2 Å². The zero-order valence-corrected chi connectivity index (χ0v) is 14.2. The van der Waals surface area contributed by atoms with Crippen molar-refractivity contribution in [3.05, 3.63) is 30.3 Å². The SMILES string of the molecule is CCN(CC)CCNC(=O)C(C)NS(=O)(=O)c1ccccc1. The Hall–Kier alpha value is -1.44. The number of hydrogen-bond acceptors (Lipinski definition) is 4. The average Bonchev–Trinajstić information content (AvgIpc) is 2.51. The van der Waals surface area contributed by atoms with Crippen LogP contribution in [0.3, 0.4) is 0 Å². The van der Waals surface area contributed by atoms with Crippen molar-refractivity contribution in [3.63, 3.8) is 0 Å². The fourth-order valence-electron chi connectivity index (χ4n) is 1.98. The van der Waals surface area contributed by atoms with E-state index in [1.807, 2.05) is 0 Å². The molecule has 124 valence electrons. The quantitative estimate of drug-likeness (QED) is 0.703. The molecule has 0 heterocycles. The van der Waals surface area contributed by atoms with Crippen LogP contribution < -0.4 is 10.0 Å². The van der Waals surface area contributed by atoms with Crippen molar-refractivity contribution < 1.29 is 13.2 Å². The zero-order valence-electron chi connectivity index (χ0n) is 13.4. The van der Waals surface area contributed by atoms with Crippen molar-refractivity contribution >= 4 is 15.9 Å². The average molecular weight is 327 g/mol. The van der Waals surface area contributed by atoms with Gasteiger partial charge in [-0.3, -0.25) is 4.79 Å². The van der Waals surface area contributed by atoms with Crippen LogP contribution >= 0.6 is 0 Å². The van der Waals surface area contributed by atoms with E-state index >= 15 is 0 Å². The van der Waals surface area contributed by atoms with Crippen LogP contribution in [-0.4, -0.2) is 51.4 Å². The number of sulfonamides is 1. The van der Waals surface area contributed by atoms with Crippen LogP contribution in [0, 0.1) is 0 Å². The third kappa shape index (κ3) is 5.75. The number of benzene rings is 1. The van der Waals surface area contributed by atoms with Gasteiger partial charge in [0.05, 0.1) is 10.9 Å². The molecular weight excluding hydrogens is 302 g/mol. The van der Waals surface area contributed by atoms with Crippen molar-refractivity contribution in [2.24, 2.45) is 0 Å². The molecule has 1 rings (SSSR count). The van der Waals surface area contributed by atoms with Crippen molar-refractivity contribution in [2.45, 2.75) is 31.7 Å². The lowest BCUT2D eigenvalue weighted by Crippen LogP contribution is -2.46. The van der Waals surface area contributed by atoms with E-state index in [0.29, 0.717) is 6.54 Å². The van der Waals surface area contributed by atoms with Gasteiger partial charge in [-0.1, -0.05) is 32.0 Å². The van der Waals surface area contributed by atoms with Crippen LogP contribution in [0.25, 0.3) is 0 Å². The van der Waals surface area contributed by atoms with Gasteiger partial charge in [-0.15, -0.1) is 0 Å². The molecule has 1 aromatic carbocycles. The highest BCUT2D eigenvalue weighted by atomic mass is 32.2. The highest BCUT2D eigenvalue weighted by Crippen LogP contribution is 2.07. The second kappa shape index (κ2) is 8.87. The molecule has 0 aliphatic carbocycles. The Morgan fingerprint density at radius 3 is 2.32 bits per heavy atom. The minimum atomic E-state index is -3.68. The fraction of sp³-hybridized carbons (Fsp3) is 0.533. The minimum absolute atomic E-state index is 0.151. The Bertz CT molecular complexity index is 557. The summed E-state index contributed by atoms with van der Waals surface area (Å²) in [5.74, 6) is -0.327. The van der Waals surface area contributed by atoms with Crippen molar-refractivity contribution in [2.75, 3.05) is 26.2 Å². The third-order valence-corrected chi connectivity index (χ3v) is 4.96. The number of nitrogens with zero attached hydrogens (tertiary/aromatic N) is 1. The van der Waals surface area contributed by atoms with Gasteiger partial charge in [-0.25, -0.2) is 8.42 Å². The molecule has 0 fully saturated rings. The van der Waals surface area contributed by atoms with Gasteiger partial charge in [0.2, 0.25) is 15.9 Å². The van der Waals surface area contributed by atoms with Crippen LogP contribution in [-0.2, 0) is 14.8 Å². The van der Waals surface area contributed by atoms with E-state index in [0.717, 1.165) is 19.6 Å². The predicted molar refractivity (Wildman–Crippen MR) is 87.0 cm³/mol. The Labute approximate surface area is 132 Å². The Balaban J connectivity index is 2.51. The first kappa shape index (κ1) is 18.6. The molecule has 0 aromatic heterocycles. The van der Waals surface area contributed by atoms with Gasteiger partial charge in [0.1, 0.15) is 0 Å². The number of carbonyl (C=O) groups excluding carboxylic acids is 1.